The van der Waals surface area contributed by atoms with Gasteiger partial charge in [0.15, 0.2) is 0 Å². The average Bonchev–Trinajstić information content (AvgIpc) is 2.36. The highest BCUT2D eigenvalue weighted by molar-refractivity contribution is 9.10. The molecule has 0 bridgehead atoms. The maximum absolute atomic E-state index is 12.0. The molecule has 6 nitrogen and oxygen atoms in total. The molecule has 2 N–H and O–H groups in total. The zero-order valence-electron chi connectivity index (χ0n) is 10.2. The molecule has 0 aliphatic carbocycles. The van der Waals surface area contributed by atoms with E-state index in [9.17, 15) is 13.2 Å². The number of sulfonamides is 1. The second-order valence-electron chi connectivity index (χ2n) is 3.56. The van der Waals surface area contributed by atoms with E-state index in [1.807, 2.05) is 0 Å². The summed E-state index contributed by atoms with van der Waals surface area (Å²) < 4.78 is 31.4. The number of hydrogen-bond acceptors (Lipinski definition) is 5. The number of benzene rings is 1. The molecule has 0 aliphatic heterocycles. The lowest BCUT2D eigenvalue weighted by molar-refractivity contribution is -0.146. The number of aliphatic hydroxyl groups is 1. The fraction of sp³-hybridized carbons (Fsp3) is 0.364. The molecular formula is C11H14BrNO5S. The van der Waals surface area contributed by atoms with Gasteiger partial charge in [-0.2, -0.15) is 4.72 Å². The summed E-state index contributed by atoms with van der Waals surface area (Å²) in [6.07, 6.45) is 0. The first kappa shape index (κ1) is 16.1. The van der Waals surface area contributed by atoms with Gasteiger partial charge < -0.3 is 9.84 Å². The van der Waals surface area contributed by atoms with E-state index in [0.29, 0.717) is 0 Å². The second kappa shape index (κ2) is 6.99. The van der Waals surface area contributed by atoms with Crippen molar-refractivity contribution in [3.05, 3.63) is 28.7 Å². The monoisotopic (exact) mass is 351 g/mol. The molecule has 1 aromatic carbocycles. The number of rotatable bonds is 6. The normalized spacial score (nSPS) is 13.0. The Bertz CT molecular complexity index is 529. The topological polar surface area (TPSA) is 92.7 Å². The molecular weight excluding hydrogens is 338 g/mol. The number of aliphatic hydroxyl groups excluding tert-OH is 1. The van der Waals surface area contributed by atoms with Crippen molar-refractivity contribution in [3.63, 3.8) is 0 Å². The van der Waals surface area contributed by atoms with Gasteiger partial charge in [-0.3, -0.25) is 4.79 Å². The van der Waals surface area contributed by atoms with Gasteiger partial charge in [0.05, 0.1) is 18.1 Å². The van der Waals surface area contributed by atoms with Crippen molar-refractivity contribution in [2.75, 3.05) is 13.2 Å². The molecule has 1 unspecified atom stereocenters. The van der Waals surface area contributed by atoms with Gasteiger partial charge in [-0.05, 0) is 31.2 Å². The van der Waals surface area contributed by atoms with Gasteiger partial charge in [0.25, 0.3) is 0 Å². The van der Waals surface area contributed by atoms with E-state index in [1.54, 1.807) is 19.1 Å². The van der Waals surface area contributed by atoms with Crippen molar-refractivity contribution in [1.29, 1.82) is 0 Å². The Hall–Kier alpha value is -0.960. The number of carbonyl (C=O) groups is 1. The number of nitrogens with one attached hydrogen (secondary N) is 1. The minimum atomic E-state index is -3.88. The summed E-state index contributed by atoms with van der Waals surface area (Å²) in [6.45, 7) is 1.03. The molecule has 1 atom stereocenters. The van der Waals surface area contributed by atoms with Crippen LogP contribution in [0.3, 0.4) is 0 Å². The molecule has 0 radical (unpaired) electrons. The van der Waals surface area contributed by atoms with E-state index in [2.05, 4.69) is 25.4 Å². The van der Waals surface area contributed by atoms with Crippen LogP contribution in [-0.2, 0) is 19.6 Å². The van der Waals surface area contributed by atoms with Crippen molar-refractivity contribution in [2.45, 2.75) is 17.9 Å². The first-order valence-corrected chi connectivity index (χ1v) is 7.73. The van der Waals surface area contributed by atoms with Gasteiger partial charge in [0, 0.05) is 4.47 Å². The highest BCUT2D eigenvalue weighted by Gasteiger charge is 2.26. The lowest BCUT2D eigenvalue weighted by Crippen LogP contribution is -2.44. The van der Waals surface area contributed by atoms with Crippen molar-refractivity contribution in [3.8, 4) is 0 Å². The summed E-state index contributed by atoms with van der Waals surface area (Å²) in [6, 6.07) is 4.58. The van der Waals surface area contributed by atoms with Gasteiger partial charge in [0.1, 0.15) is 6.04 Å². The third-order valence-electron chi connectivity index (χ3n) is 2.18. The van der Waals surface area contributed by atoms with Gasteiger partial charge in [-0.1, -0.05) is 15.9 Å². The maximum Gasteiger partial charge on any atom is 0.326 e. The van der Waals surface area contributed by atoms with E-state index in [4.69, 9.17) is 5.11 Å². The SMILES string of the molecule is CCOC(=O)C(CO)NS(=O)(=O)c1ccc(Br)cc1. The number of halogens is 1. The minimum Gasteiger partial charge on any atom is -0.465 e. The summed E-state index contributed by atoms with van der Waals surface area (Å²) >= 11 is 3.19. The van der Waals surface area contributed by atoms with Crippen molar-refractivity contribution in [1.82, 2.24) is 4.72 Å². The molecule has 8 heteroatoms. The van der Waals surface area contributed by atoms with E-state index in [0.717, 1.165) is 4.47 Å². The molecule has 1 aromatic rings. The lowest BCUT2D eigenvalue weighted by atomic mass is 10.3. The van der Waals surface area contributed by atoms with Gasteiger partial charge in [-0.15, -0.1) is 0 Å². The van der Waals surface area contributed by atoms with Crippen molar-refractivity contribution >= 4 is 31.9 Å². The van der Waals surface area contributed by atoms with E-state index in [-0.39, 0.29) is 11.5 Å². The van der Waals surface area contributed by atoms with Crippen LogP contribution in [0.5, 0.6) is 0 Å². The third-order valence-corrected chi connectivity index (χ3v) is 4.19. The van der Waals surface area contributed by atoms with Crippen LogP contribution in [-0.4, -0.2) is 38.7 Å². The van der Waals surface area contributed by atoms with E-state index >= 15 is 0 Å². The highest BCUT2D eigenvalue weighted by atomic mass is 79.9. The second-order valence-corrected chi connectivity index (χ2v) is 6.19. The van der Waals surface area contributed by atoms with Gasteiger partial charge in [0.2, 0.25) is 10.0 Å². The first-order chi connectivity index (χ1) is 8.90. The van der Waals surface area contributed by atoms with E-state index < -0.39 is 28.6 Å². The van der Waals surface area contributed by atoms with Gasteiger partial charge in [-0.25, -0.2) is 8.42 Å². The number of hydrogen-bond donors (Lipinski definition) is 2. The number of ether oxygens (including phenoxy) is 1. The Balaban J connectivity index is 2.89. The molecule has 19 heavy (non-hydrogen) atoms. The largest absolute Gasteiger partial charge is 0.465 e. The Labute approximate surface area is 120 Å². The summed E-state index contributed by atoms with van der Waals surface area (Å²) in [5, 5.41) is 9.04. The number of carbonyl (C=O) groups excluding carboxylic acids is 1. The van der Waals surface area contributed by atoms with Crippen molar-refractivity contribution < 1.29 is 23.1 Å². The molecule has 0 fully saturated rings. The van der Waals surface area contributed by atoms with Crippen LogP contribution in [0.4, 0.5) is 0 Å². The Morgan fingerprint density at radius 1 is 1.42 bits per heavy atom. The Kier molecular flexibility index (Phi) is 5.92. The lowest BCUT2D eigenvalue weighted by Gasteiger charge is -2.15. The third kappa shape index (κ3) is 4.57. The predicted molar refractivity (Wildman–Crippen MR) is 72.0 cm³/mol. The van der Waals surface area contributed by atoms with Crippen LogP contribution < -0.4 is 4.72 Å². The minimum absolute atomic E-state index is 0.00144. The highest BCUT2D eigenvalue weighted by Crippen LogP contribution is 2.14. The summed E-state index contributed by atoms with van der Waals surface area (Å²) in [7, 11) is -3.88. The summed E-state index contributed by atoms with van der Waals surface area (Å²) in [4.78, 5) is 11.4. The fourth-order valence-electron chi connectivity index (χ4n) is 1.27. The Morgan fingerprint density at radius 2 is 2.00 bits per heavy atom. The van der Waals surface area contributed by atoms with Crippen LogP contribution in [0.2, 0.25) is 0 Å². The first-order valence-electron chi connectivity index (χ1n) is 5.46. The quantitative estimate of drug-likeness (QED) is 0.734. The molecule has 0 heterocycles. The van der Waals surface area contributed by atoms with Crippen LogP contribution in [0.1, 0.15) is 6.92 Å². The van der Waals surface area contributed by atoms with Crippen molar-refractivity contribution in [2.24, 2.45) is 0 Å². The molecule has 0 aliphatic rings. The zero-order valence-corrected chi connectivity index (χ0v) is 12.6. The molecule has 0 spiro atoms. The predicted octanol–water partition coefficient (Wildman–Crippen LogP) is 0.651. The molecule has 0 aromatic heterocycles. The summed E-state index contributed by atoms with van der Waals surface area (Å²) in [5.41, 5.74) is 0. The zero-order chi connectivity index (χ0) is 14.5. The summed E-state index contributed by atoms with van der Waals surface area (Å²) in [5.74, 6) is -0.814. The molecule has 1 rings (SSSR count). The molecule has 0 amide bonds. The van der Waals surface area contributed by atoms with E-state index in [1.165, 1.54) is 12.1 Å². The van der Waals surface area contributed by atoms with Crippen LogP contribution in [0, 0.1) is 0 Å². The average molecular weight is 352 g/mol. The molecule has 0 saturated carbocycles. The van der Waals surface area contributed by atoms with Crippen LogP contribution in [0.15, 0.2) is 33.6 Å². The fourth-order valence-corrected chi connectivity index (χ4v) is 2.71. The smallest absolute Gasteiger partial charge is 0.326 e. The molecule has 0 saturated heterocycles. The van der Waals surface area contributed by atoms with Crippen LogP contribution >= 0.6 is 15.9 Å². The molecule has 106 valence electrons. The maximum atomic E-state index is 12.0. The van der Waals surface area contributed by atoms with Crippen LogP contribution in [0.25, 0.3) is 0 Å². The number of esters is 1. The van der Waals surface area contributed by atoms with Gasteiger partial charge >= 0.3 is 5.97 Å². The Morgan fingerprint density at radius 3 is 2.47 bits per heavy atom. The standard InChI is InChI=1S/C11H14BrNO5S/c1-2-18-11(15)10(7-14)13-19(16,17)9-5-3-8(12)4-6-9/h3-6,10,13-14H,2,7H2,1H3.